The standard InChI is InChI=1S/C4H8.C3H7N/c1-3-4-2;1-2-3-4/h3H,1,4H2,2H3;2-3H,4H2,1H3. The molecule has 0 amide bonds. The first-order valence-corrected chi connectivity index (χ1v) is 2.77. The van der Waals surface area contributed by atoms with Crippen molar-refractivity contribution in [3.8, 4) is 0 Å². The molecule has 0 aromatic rings. The van der Waals surface area contributed by atoms with Crippen LogP contribution in [0.5, 0.6) is 0 Å². The molecule has 0 saturated heterocycles. The average Bonchev–Trinajstić information content (AvgIpc) is 1.88. The minimum atomic E-state index is 1.08. The summed E-state index contributed by atoms with van der Waals surface area (Å²) in [5, 5.41) is 0. The fraction of sp³-hybridized carbons (Fsp3) is 0.429. The van der Waals surface area contributed by atoms with Gasteiger partial charge in [-0.15, -0.1) is 6.58 Å². The summed E-state index contributed by atoms with van der Waals surface area (Å²) in [6.07, 6.45) is 6.24. The molecular formula is C7H15N. The first-order chi connectivity index (χ1) is 3.83. The van der Waals surface area contributed by atoms with E-state index in [2.05, 4.69) is 13.5 Å². The van der Waals surface area contributed by atoms with Crippen LogP contribution in [-0.2, 0) is 0 Å². The maximum Gasteiger partial charge on any atom is -0.0106 e. The van der Waals surface area contributed by atoms with Crippen LogP contribution in [0.25, 0.3) is 0 Å². The van der Waals surface area contributed by atoms with Gasteiger partial charge in [0.1, 0.15) is 0 Å². The van der Waals surface area contributed by atoms with Crippen LogP contribution in [0.1, 0.15) is 20.3 Å². The Kier molecular flexibility index (Phi) is 20.9. The zero-order chi connectivity index (χ0) is 6.83. The zero-order valence-electron chi connectivity index (χ0n) is 5.72. The molecule has 0 aliphatic rings. The molecule has 0 aromatic carbocycles. The molecule has 0 aliphatic carbocycles. The maximum atomic E-state index is 4.85. The molecule has 0 rings (SSSR count). The second-order valence-corrected chi connectivity index (χ2v) is 1.22. The highest BCUT2D eigenvalue weighted by molar-refractivity contribution is 4.66. The van der Waals surface area contributed by atoms with E-state index in [4.69, 9.17) is 5.73 Å². The van der Waals surface area contributed by atoms with Gasteiger partial charge in [-0.1, -0.05) is 19.1 Å². The molecule has 2 N–H and O–H groups in total. The van der Waals surface area contributed by atoms with E-state index in [-0.39, 0.29) is 0 Å². The minimum Gasteiger partial charge on any atom is -0.405 e. The third-order valence-electron chi connectivity index (χ3n) is 0.481. The van der Waals surface area contributed by atoms with Gasteiger partial charge in [-0.2, -0.15) is 0 Å². The quantitative estimate of drug-likeness (QED) is 0.517. The lowest BCUT2D eigenvalue weighted by Crippen LogP contribution is -1.70. The number of nitrogens with two attached hydrogens (primary N) is 1. The first kappa shape index (κ1) is 10.3. The largest absolute Gasteiger partial charge is 0.405 e. The Bertz CT molecular complexity index is 51.4. The van der Waals surface area contributed by atoms with Crippen molar-refractivity contribution in [3.63, 3.8) is 0 Å². The molecule has 48 valence electrons. The predicted molar refractivity (Wildman–Crippen MR) is 39.5 cm³/mol. The summed E-state index contributed by atoms with van der Waals surface area (Å²) in [5.41, 5.74) is 4.85. The molecule has 0 aliphatic heterocycles. The zero-order valence-corrected chi connectivity index (χ0v) is 5.72. The average molecular weight is 113 g/mol. The number of hydrogen-bond acceptors (Lipinski definition) is 1. The van der Waals surface area contributed by atoms with Crippen LogP contribution in [-0.4, -0.2) is 0 Å². The molecule has 0 aromatic heterocycles. The number of allylic oxidation sites excluding steroid dienone is 2. The van der Waals surface area contributed by atoms with Gasteiger partial charge in [0.25, 0.3) is 0 Å². The summed E-state index contributed by atoms with van der Waals surface area (Å²) in [7, 11) is 0. The van der Waals surface area contributed by atoms with Crippen molar-refractivity contribution in [1.29, 1.82) is 0 Å². The maximum absolute atomic E-state index is 4.85. The van der Waals surface area contributed by atoms with Gasteiger partial charge in [0, 0.05) is 0 Å². The van der Waals surface area contributed by atoms with E-state index >= 15 is 0 Å². The SMILES string of the molecule is C=CCC.CC=CN. The van der Waals surface area contributed by atoms with Crippen LogP contribution in [0.15, 0.2) is 24.9 Å². The van der Waals surface area contributed by atoms with E-state index in [0.29, 0.717) is 0 Å². The molecule has 0 atom stereocenters. The molecule has 0 heterocycles. The van der Waals surface area contributed by atoms with Crippen molar-refractivity contribution in [2.75, 3.05) is 0 Å². The Hall–Kier alpha value is -0.720. The summed E-state index contributed by atoms with van der Waals surface area (Å²) in [6, 6.07) is 0. The molecular weight excluding hydrogens is 98.1 g/mol. The Morgan fingerprint density at radius 1 is 1.62 bits per heavy atom. The minimum absolute atomic E-state index is 1.08. The van der Waals surface area contributed by atoms with Gasteiger partial charge >= 0.3 is 0 Å². The number of hydrogen-bond donors (Lipinski definition) is 1. The van der Waals surface area contributed by atoms with Crippen molar-refractivity contribution in [1.82, 2.24) is 0 Å². The normalized spacial score (nSPS) is 7.75. The molecule has 0 fully saturated rings. The van der Waals surface area contributed by atoms with E-state index < -0.39 is 0 Å². The molecule has 0 unspecified atom stereocenters. The van der Waals surface area contributed by atoms with Gasteiger partial charge in [0.15, 0.2) is 0 Å². The Balaban J connectivity index is 0. The highest BCUT2D eigenvalue weighted by atomic mass is 14.5. The molecule has 1 heteroatoms. The van der Waals surface area contributed by atoms with E-state index in [1.807, 2.05) is 13.0 Å². The van der Waals surface area contributed by atoms with E-state index in [1.54, 1.807) is 6.08 Å². The first-order valence-electron chi connectivity index (χ1n) is 2.77. The summed E-state index contributed by atoms with van der Waals surface area (Å²) < 4.78 is 0. The molecule has 0 spiro atoms. The van der Waals surface area contributed by atoms with Crippen LogP contribution in [0.4, 0.5) is 0 Å². The summed E-state index contributed by atoms with van der Waals surface area (Å²) in [5.74, 6) is 0. The fourth-order valence-corrected chi connectivity index (χ4v) is 0. The van der Waals surface area contributed by atoms with Gasteiger partial charge in [-0.05, 0) is 19.5 Å². The van der Waals surface area contributed by atoms with Crippen molar-refractivity contribution in [2.24, 2.45) is 5.73 Å². The lowest BCUT2D eigenvalue weighted by molar-refractivity contribution is 1.23. The molecule has 0 bridgehead atoms. The summed E-state index contributed by atoms with van der Waals surface area (Å²) in [6.45, 7) is 7.42. The molecule has 1 nitrogen and oxygen atoms in total. The second-order valence-electron chi connectivity index (χ2n) is 1.22. The summed E-state index contributed by atoms with van der Waals surface area (Å²) >= 11 is 0. The van der Waals surface area contributed by atoms with Crippen molar-refractivity contribution >= 4 is 0 Å². The smallest absolute Gasteiger partial charge is 0.0106 e. The topological polar surface area (TPSA) is 26.0 Å². The van der Waals surface area contributed by atoms with Crippen LogP contribution in [0.2, 0.25) is 0 Å². The van der Waals surface area contributed by atoms with Crippen molar-refractivity contribution < 1.29 is 0 Å². The monoisotopic (exact) mass is 113 g/mol. The van der Waals surface area contributed by atoms with Gasteiger partial charge in [-0.25, -0.2) is 0 Å². The van der Waals surface area contributed by atoms with Crippen LogP contribution >= 0.6 is 0 Å². The van der Waals surface area contributed by atoms with Crippen molar-refractivity contribution in [2.45, 2.75) is 20.3 Å². The van der Waals surface area contributed by atoms with E-state index in [0.717, 1.165) is 6.42 Å². The highest BCUT2D eigenvalue weighted by Crippen LogP contribution is 1.66. The predicted octanol–water partition coefficient (Wildman–Crippen LogP) is 2.06. The third kappa shape index (κ3) is 59.0. The lowest BCUT2D eigenvalue weighted by Gasteiger charge is -1.57. The van der Waals surface area contributed by atoms with Crippen LogP contribution < -0.4 is 5.73 Å². The number of rotatable bonds is 1. The Morgan fingerprint density at radius 3 is 1.88 bits per heavy atom. The molecule has 8 heavy (non-hydrogen) atoms. The van der Waals surface area contributed by atoms with E-state index in [1.165, 1.54) is 6.20 Å². The van der Waals surface area contributed by atoms with Gasteiger partial charge in [-0.3, -0.25) is 0 Å². The van der Waals surface area contributed by atoms with Crippen molar-refractivity contribution in [3.05, 3.63) is 24.9 Å². The molecule has 0 saturated carbocycles. The summed E-state index contributed by atoms with van der Waals surface area (Å²) in [4.78, 5) is 0. The Morgan fingerprint density at radius 2 is 1.88 bits per heavy atom. The molecule has 0 radical (unpaired) electrons. The fourth-order valence-electron chi connectivity index (χ4n) is 0. The van der Waals surface area contributed by atoms with E-state index in [9.17, 15) is 0 Å². The highest BCUT2D eigenvalue weighted by Gasteiger charge is 1.45. The van der Waals surface area contributed by atoms with Crippen LogP contribution in [0, 0.1) is 0 Å². The third-order valence-corrected chi connectivity index (χ3v) is 0.481. The van der Waals surface area contributed by atoms with Gasteiger partial charge in [0.05, 0.1) is 0 Å². The van der Waals surface area contributed by atoms with Gasteiger partial charge in [0.2, 0.25) is 0 Å². The lowest BCUT2D eigenvalue weighted by atomic mass is 10.5. The van der Waals surface area contributed by atoms with Crippen LogP contribution in [0.3, 0.4) is 0 Å². The Labute approximate surface area is 51.9 Å². The van der Waals surface area contributed by atoms with Gasteiger partial charge < -0.3 is 5.73 Å². The second kappa shape index (κ2) is 16.3.